The summed E-state index contributed by atoms with van der Waals surface area (Å²) in [5.74, 6) is 1.28. The van der Waals surface area contributed by atoms with E-state index in [-0.39, 0.29) is 0 Å². The Morgan fingerprint density at radius 3 is 2.14 bits per heavy atom. The normalized spacial score (nSPS) is 24.9. The molecule has 0 heterocycles. The molecule has 1 fully saturated rings. The first-order chi connectivity index (χ1) is 6.54. The summed E-state index contributed by atoms with van der Waals surface area (Å²) in [6.07, 6.45) is 8.92. The summed E-state index contributed by atoms with van der Waals surface area (Å²) in [6, 6.07) is 0. The highest BCUT2D eigenvalue weighted by atomic mass is 32.2. The lowest BCUT2D eigenvalue weighted by Crippen LogP contribution is -2.37. The van der Waals surface area contributed by atoms with Gasteiger partial charge in [-0.3, -0.25) is 0 Å². The molecular weight excluding hydrogens is 190 g/mol. The highest BCUT2D eigenvalue weighted by Gasteiger charge is 2.36. The SMILES string of the molecule is CSCCC1(CN)CCC(C)(C)CC1. The van der Waals surface area contributed by atoms with Crippen molar-refractivity contribution >= 4 is 11.8 Å². The van der Waals surface area contributed by atoms with E-state index in [0.29, 0.717) is 10.8 Å². The zero-order valence-electron chi connectivity index (χ0n) is 9.94. The molecule has 1 aliphatic rings. The molecule has 0 unspecified atom stereocenters. The van der Waals surface area contributed by atoms with Gasteiger partial charge in [-0.2, -0.15) is 11.8 Å². The maximum Gasteiger partial charge on any atom is -0.00202 e. The van der Waals surface area contributed by atoms with Crippen LogP contribution >= 0.6 is 11.8 Å². The molecule has 1 rings (SSSR count). The Hall–Kier alpha value is 0.310. The number of nitrogens with two attached hydrogens (primary N) is 1. The van der Waals surface area contributed by atoms with E-state index in [0.717, 1.165) is 6.54 Å². The number of rotatable bonds is 4. The second kappa shape index (κ2) is 4.89. The first-order valence-corrected chi connectivity index (χ1v) is 7.12. The second-order valence-electron chi connectivity index (χ2n) is 5.61. The average Bonchev–Trinajstić information content (AvgIpc) is 2.18. The minimum Gasteiger partial charge on any atom is -0.330 e. The summed E-state index contributed by atoms with van der Waals surface area (Å²) in [5, 5.41) is 0. The first-order valence-electron chi connectivity index (χ1n) is 5.73. The molecule has 1 aliphatic carbocycles. The summed E-state index contributed by atoms with van der Waals surface area (Å²) >= 11 is 1.95. The molecule has 0 bridgehead atoms. The van der Waals surface area contributed by atoms with Crippen LogP contribution in [0.1, 0.15) is 46.0 Å². The molecule has 0 aromatic heterocycles. The predicted molar refractivity (Wildman–Crippen MR) is 66.7 cm³/mol. The highest BCUT2D eigenvalue weighted by molar-refractivity contribution is 7.98. The van der Waals surface area contributed by atoms with Gasteiger partial charge in [-0.15, -0.1) is 0 Å². The molecule has 14 heavy (non-hydrogen) atoms. The Morgan fingerprint density at radius 1 is 1.14 bits per heavy atom. The molecule has 2 N–H and O–H groups in total. The van der Waals surface area contributed by atoms with Crippen LogP contribution in [0, 0.1) is 10.8 Å². The van der Waals surface area contributed by atoms with Crippen molar-refractivity contribution in [1.29, 1.82) is 0 Å². The maximum absolute atomic E-state index is 5.96. The molecule has 0 radical (unpaired) electrons. The quantitative estimate of drug-likeness (QED) is 0.779. The van der Waals surface area contributed by atoms with Gasteiger partial charge in [-0.05, 0) is 61.5 Å². The number of hydrogen-bond acceptors (Lipinski definition) is 2. The largest absolute Gasteiger partial charge is 0.330 e. The molecule has 0 amide bonds. The monoisotopic (exact) mass is 215 g/mol. The van der Waals surface area contributed by atoms with E-state index in [4.69, 9.17) is 5.73 Å². The van der Waals surface area contributed by atoms with E-state index >= 15 is 0 Å². The van der Waals surface area contributed by atoms with Gasteiger partial charge in [0.1, 0.15) is 0 Å². The van der Waals surface area contributed by atoms with Gasteiger partial charge >= 0.3 is 0 Å². The van der Waals surface area contributed by atoms with Crippen molar-refractivity contribution < 1.29 is 0 Å². The summed E-state index contributed by atoms with van der Waals surface area (Å²) < 4.78 is 0. The molecule has 0 atom stereocenters. The topological polar surface area (TPSA) is 26.0 Å². The minimum atomic E-state index is 0.485. The summed E-state index contributed by atoms with van der Waals surface area (Å²) in [7, 11) is 0. The van der Waals surface area contributed by atoms with Crippen LogP contribution in [-0.2, 0) is 0 Å². The summed E-state index contributed by atoms with van der Waals surface area (Å²) in [5.41, 5.74) is 7.01. The standard InChI is InChI=1S/C12H25NS/c1-11(2)4-6-12(10-13,7-5-11)8-9-14-3/h4-10,13H2,1-3H3. The average molecular weight is 215 g/mol. The lowest BCUT2D eigenvalue weighted by Gasteiger charge is -2.43. The Kier molecular flexibility index (Phi) is 4.32. The first kappa shape index (κ1) is 12.4. The van der Waals surface area contributed by atoms with Gasteiger partial charge in [-0.1, -0.05) is 13.8 Å². The van der Waals surface area contributed by atoms with E-state index in [1.165, 1.54) is 37.9 Å². The fourth-order valence-corrected chi connectivity index (χ4v) is 2.97. The van der Waals surface area contributed by atoms with Gasteiger partial charge < -0.3 is 5.73 Å². The third-order valence-electron chi connectivity index (χ3n) is 3.93. The lowest BCUT2D eigenvalue weighted by molar-refractivity contribution is 0.105. The number of hydrogen-bond donors (Lipinski definition) is 1. The van der Waals surface area contributed by atoms with Gasteiger partial charge in [0.05, 0.1) is 0 Å². The molecular formula is C12H25NS. The van der Waals surface area contributed by atoms with E-state index < -0.39 is 0 Å². The van der Waals surface area contributed by atoms with E-state index in [1.54, 1.807) is 0 Å². The van der Waals surface area contributed by atoms with E-state index in [2.05, 4.69) is 20.1 Å². The fraction of sp³-hybridized carbons (Fsp3) is 1.00. The van der Waals surface area contributed by atoms with Gasteiger partial charge in [-0.25, -0.2) is 0 Å². The maximum atomic E-state index is 5.96. The van der Waals surface area contributed by atoms with Crippen molar-refractivity contribution in [3.63, 3.8) is 0 Å². The molecule has 0 aromatic rings. The van der Waals surface area contributed by atoms with E-state index in [1.807, 2.05) is 11.8 Å². The van der Waals surface area contributed by atoms with Crippen LogP contribution in [0.4, 0.5) is 0 Å². The molecule has 84 valence electrons. The molecule has 0 aromatic carbocycles. The van der Waals surface area contributed by atoms with Crippen LogP contribution in [0.5, 0.6) is 0 Å². The molecule has 2 heteroatoms. The third kappa shape index (κ3) is 3.16. The summed E-state index contributed by atoms with van der Waals surface area (Å²) in [6.45, 7) is 5.67. The second-order valence-corrected chi connectivity index (χ2v) is 6.60. The minimum absolute atomic E-state index is 0.485. The van der Waals surface area contributed by atoms with Crippen molar-refractivity contribution in [2.45, 2.75) is 46.0 Å². The van der Waals surface area contributed by atoms with Crippen molar-refractivity contribution in [1.82, 2.24) is 0 Å². The zero-order valence-corrected chi connectivity index (χ0v) is 10.8. The number of thioether (sulfide) groups is 1. The van der Waals surface area contributed by atoms with Crippen LogP contribution in [-0.4, -0.2) is 18.6 Å². The van der Waals surface area contributed by atoms with Crippen molar-refractivity contribution in [3.8, 4) is 0 Å². The smallest absolute Gasteiger partial charge is 0.00202 e. The van der Waals surface area contributed by atoms with Crippen molar-refractivity contribution in [2.24, 2.45) is 16.6 Å². The van der Waals surface area contributed by atoms with Gasteiger partial charge in [0.15, 0.2) is 0 Å². The van der Waals surface area contributed by atoms with Gasteiger partial charge in [0.25, 0.3) is 0 Å². The highest BCUT2D eigenvalue weighted by Crippen LogP contribution is 2.46. The fourth-order valence-electron chi connectivity index (χ4n) is 2.33. The third-order valence-corrected chi connectivity index (χ3v) is 4.55. The Bertz CT molecular complexity index is 167. The summed E-state index contributed by atoms with van der Waals surface area (Å²) in [4.78, 5) is 0. The van der Waals surface area contributed by atoms with Crippen LogP contribution in [0.25, 0.3) is 0 Å². The van der Waals surface area contributed by atoms with Crippen LogP contribution in [0.3, 0.4) is 0 Å². The van der Waals surface area contributed by atoms with Gasteiger partial charge in [0, 0.05) is 0 Å². The predicted octanol–water partition coefficient (Wildman–Crippen LogP) is 3.28. The van der Waals surface area contributed by atoms with Crippen LogP contribution < -0.4 is 5.73 Å². The van der Waals surface area contributed by atoms with Crippen LogP contribution in [0.15, 0.2) is 0 Å². The molecule has 1 saturated carbocycles. The molecule has 0 saturated heterocycles. The zero-order chi connectivity index (χ0) is 10.7. The molecule has 1 nitrogen and oxygen atoms in total. The van der Waals surface area contributed by atoms with E-state index in [9.17, 15) is 0 Å². The Balaban J connectivity index is 2.48. The molecule has 0 aliphatic heterocycles. The lowest BCUT2D eigenvalue weighted by atomic mass is 9.64. The Morgan fingerprint density at radius 2 is 1.71 bits per heavy atom. The van der Waals surface area contributed by atoms with Gasteiger partial charge in [0.2, 0.25) is 0 Å². The van der Waals surface area contributed by atoms with Crippen molar-refractivity contribution in [3.05, 3.63) is 0 Å². The van der Waals surface area contributed by atoms with Crippen LogP contribution in [0.2, 0.25) is 0 Å². The Labute approximate surface area is 93.2 Å². The molecule has 0 spiro atoms. The van der Waals surface area contributed by atoms with Crippen molar-refractivity contribution in [2.75, 3.05) is 18.6 Å².